The molecule has 3 rings (SSSR count). The van der Waals surface area contributed by atoms with Gasteiger partial charge < -0.3 is 0 Å². The van der Waals surface area contributed by atoms with Crippen molar-refractivity contribution in [2.75, 3.05) is 4.90 Å². The van der Waals surface area contributed by atoms with Crippen molar-refractivity contribution in [3.8, 4) is 0 Å². The molecule has 0 spiro atoms. The fourth-order valence-electron chi connectivity index (χ4n) is 2.44. The SMILES string of the molecule is Cc1cc(F)c2c(c1)C(=O)C(=O)N2Cc1ccc(Br)cc1. The molecule has 0 saturated carbocycles. The third kappa shape index (κ3) is 2.38. The van der Waals surface area contributed by atoms with E-state index >= 15 is 0 Å². The molecular formula is C16H11BrFNO2. The summed E-state index contributed by atoms with van der Waals surface area (Å²) in [5.41, 5.74) is 1.68. The van der Waals surface area contributed by atoms with Gasteiger partial charge in [-0.15, -0.1) is 0 Å². The Morgan fingerprint density at radius 3 is 2.48 bits per heavy atom. The van der Waals surface area contributed by atoms with Crippen LogP contribution in [0, 0.1) is 12.7 Å². The summed E-state index contributed by atoms with van der Waals surface area (Å²) in [5, 5.41) is 0. The number of benzene rings is 2. The van der Waals surface area contributed by atoms with Gasteiger partial charge in [0.25, 0.3) is 11.7 Å². The third-order valence-corrected chi connectivity index (χ3v) is 3.94. The van der Waals surface area contributed by atoms with Crippen LogP contribution in [0.25, 0.3) is 0 Å². The predicted molar refractivity (Wildman–Crippen MR) is 80.8 cm³/mol. The Labute approximate surface area is 129 Å². The normalized spacial score (nSPS) is 13.8. The molecule has 0 saturated heterocycles. The molecule has 1 heterocycles. The zero-order valence-electron chi connectivity index (χ0n) is 11.2. The van der Waals surface area contributed by atoms with Crippen LogP contribution in [0.2, 0.25) is 0 Å². The van der Waals surface area contributed by atoms with E-state index in [1.165, 1.54) is 11.0 Å². The Bertz CT molecular complexity index is 756. The van der Waals surface area contributed by atoms with Gasteiger partial charge in [-0.05, 0) is 42.3 Å². The van der Waals surface area contributed by atoms with E-state index in [1.807, 2.05) is 24.3 Å². The number of anilines is 1. The van der Waals surface area contributed by atoms with E-state index < -0.39 is 17.5 Å². The smallest absolute Gasteiger partial charge is 0.298 e. The molecule has 2 aromatic rings. The van der Waals surface area contributed by atoms with Crippen molar-refractivity contribution < 1.29 is 14.0 Å². The average Bonchev–Trinajstić information content (AvgIpc) is 2.67. The van der Waals surface area contributed by atoms with Gasteiger partial charge in [0.15, 0.2) is 0 Å². The Kier molecular flexibility index (Phi) is 3.37. The van der Waals surface area contributed by atoms with Gasteiger partial charge in [0.2, 0.25) is 0 Å². The molecule has 0 aromatic heterocycles. The van der Waals surface area contributed by atoms with E-state index in [2.05, 4.69) is 15.9 Å². The number of Topliss-reactive ketones (excluding diaryl/α,β-unsaturated/α-hetero) is 1. The second kappa shape index (κ2) is 5.07. The molecular weight excluding hydrogens is 337 g/mol. The standard InChI is InChI=1S/C16H11BrFNO2/c1-9-6-12-14(13(18)7-9)19(16(21)15(12)20)8-10-2-4-11(17)5-3-10/h2-7H,8H2,1H3. The molecule has 0 atom stereocenters. The number of hydrogen-bond donors (Lipinski definition) is 0. The number of carbonyl (C=O) groups is 2. The number of carbonyl (C=O) groups excluding carboxylic acids is 2. The van der Waals surface area contributed by atoms with E-state index in [1.54, 1.807) is 13.0 Å². The van der Waals surface area contributed by atoms with Gasteiger partial charge >= 0.3 is 0 Å². The zero-order valence-corrected chi connectivity index (χ0v) is 12.8. The summed E-state index contributed by atoms with van der Waals surface area (Å²) in [6, 6.07) is 10.2. The highest BCUT2D eigenvalue weighted by Crippen LogP contribution is 2.34. The molecule has 2 aromatic carbocycles. The van der Waals surface area contributed by atoms with Gasteiger partial charge in [-0.2, -0.15) is 0 Å². The van der Waals surface area contributed by atoms with Crippen molar-refractivity contribution in [2.24, 2.45) is 0 Å². The summed E-state index contributed by atoms with van der Waals surface area (Å²) in [6.07, 6.45) is 0. The Morgan fingerprint density at radius 1 is 1.14 bits per heavy atom. The third-order valence-electron chi connectivity index (χ3n) is 3.42. The molecule has 0 bridgehead atoms. The number of nitrogens with zero attached hydrogens (tertiary/aromatic N) is 1. The van der Waals surface area contributed by atoms with Gasteiger partial charge in [0.1, 0.15) is 5.82 Å². The minimum absolute atomic E-state index is 0.0820. The van der Waals surface area contributed by atoms with Crippen LogP contribution in [-0.4, -0.2) is 11.7 Å². The van der Waals surface area contributed by atoms with Crippen molar-refractivity contribution in [3.05, 3.63) is 63.4 Å². The van der Waals surface area contributed by atoms with E-state index in [-0.39, 0.29) is 17.8 Å². The number of fused-ring (bicyclic) bond motifs is 1. The maximum Gasteiger partial charge on any atom is 0.299 e. The van der Waals surface area contributed by atoms with Crippen molar-refractivity contribution in [1.29, 1.82) is 0 Å². The molecule has 0 N–H and O–H groups in total. The molecule has 0 fully saturated rings. The van der Waals surface area contributed by atoms with Crippen LogP contribution in [0.1, 0.15) is 21.5 Å². The van der Waals surface area contributed by atoms with Gasteiger partial charge in [-0.1, -0.05) is 28.1 Å². The Morgan fingerprint density at radius 2 is 1.81 bits per heavy atom. The summed E-state index contributed by atoms with van der Waals surface area (Å²) in [5.74, 6) is -1.87. The molecule has 21 heavy (non-hydrogen) atoms. The van der Waals surface area contributed by atoms with Crippen LogP contribution in [0.5, 0.6) is 0 Å². The fourth-order valence-corrected chi connectivity index (χ4v) is 2.71. The summed E-state index contributed by atoms with van der Waals surface area (Å²) >= 11 is 3.33. The first kappa shape index (κ1) is 13.9. The first-order chi connectivity index (χ1) is 9.97. The second-order valence-corrected chi connectivity index (χ2v) is 5.91. The number of aryl methyl sites for hydroxylation is 1. The molecule has 0 aliphatic carbocycles. The van der Waals surface area contributed by atoms with Crippen LogP contribution < -0.4 is 4.90 Å². The molecule has 1 aliphatic heterocycles. The first-order valence-electron chi connectivity index (χ1n) is 6.38. The summed E-state index contributed by atoms with van der Waals surface area (Å²) < 4.78 is 15.1. The topological polar surface area (TPSA) is 37.4 Å². The molecule has 1 amide bonds. The largest absolute Gasteiger partial charge is 0.299 e. The molecule has 3 nitrogen and oxygen atoms in total. The number of amides is 1. The lowest BCUT2D eigenvalue weighted by atomic mass is 10.1. The molecule has 0 radical (unpaired) electrons. The van der Waals surface area contributed by atoms with Gasteiger partial charge in [0.05, 0.1) is 17.8 Å². The maximum atomic E-state index is 14.2. The summed E-state index contributed by atoms with van der Waals surface area (Å²) in [4.78, 5) is 25.3. The number of ketones is 1. The second-order valence-electron chi connectivity index (χ2n) is 4.99. The van der Waals surface area contributed by atoms with E-state index in [9.17, 15) is 14.0 Å². The number of hydrogen-bond acceptors (Lipinski definition) is 2. The summed E-state index contributed by atoms with van der Waals surface area (Å²) in [7, 11) is 0. The number of halogens is 2. The van der Waals surface area contributed by atoms with Crippen molar-refractivity contribution in [1.82, 2.24) is 0 Å². The van der Waals surface area contributed by atoms with E-state index in [4.69, 9.17) is 0 Å². The van der Waals surface area contributed by atoms with Crippen LogP contribution in [0.15, 0.2) is 40.9 Å². The maximum absolute atomic E-state index is 14.2. The molecule has 5 heteroatoms. The lowest BCUT2D eigenvalue weighted by molar-refractivity contribution is -0.114. The van der Waals surface area contributed by atoms with Crippen molar-refractivity contribution >= 4 is 33.3 Å². The zero-order chi connectivity index (χ0) is 15.1. The minimum Gasteiger partial charge on any atom is -0.298 e. The highest BCUT2D eigenvalue weighted by atomic mass is 79.9. The van der Waals surface area contributed by atoms with E-state index in [0.717, 1.165) is 10.0 Å². The average molecular weight is 348 g/mol. The number of rotatable bonds is 2. The Balaban J connectivity index is 2.03. The molecule has 1 aliphatic rings. The van der Waals surface area contributed by atoms with Gasteiger partial charge in [-0.25, -0.2) is 4.39 Å². The highest BCUT2D eigenvalue weighted by Gasteiger charge is 2.38. The van der Waals surface area contributed by atoms with Crippen molar-refractivity contribution in [3.63, 3.8) is 0 Å². The Hall–Kier alpha value is -2.01. The quantitative estimate of drug-likeness (QED) is 0.778. The van der Waals surface area contributed by atoms with Gasteiger partial charge in [0, 0.05) is 4.47 Å². The van der Waals surface area contributed by atoms with Gasteiger partial charge in [-0.3, -0.25) is 14.5 Å². The van der Waals surface area contributed by atoms with Crippen LogP contribution >= 0.6 is 15.9 Å². The van der Waals surface area contributed by atoms with Crippen LogP contribution in [0.4, 0.5) is 10.1 Å². The fraction of sp³-hybridized carbons (Fsp3) is 0.125. The van der Waals surface area contributed by atoms with Crippen LogP contribution in [0.3, 0.4) is 0 Å². The monoisotopic (exact) mass is 347 g/mol. The minimum atomic E-state index is -0.683. The van der Waals surface area contributed by atoms with E-state index in [0.29, 0.717) is 5.56 Å². The van der Waals surface area contributed by atoms with Crippen LogP contribution in [-0.2, 0) is 11.3 Å². The molecule has 106 valence electrons. The summed E-state index contributed by atoms with van der Waals surface area (Å²) in [6.45, 7) is 1.86. The predicted octanol–water partition coefficient (Wildman–Crippen LogP) is 3.63. The highest BCUT2D eigenvalue weighted by molar-refractivity contribution is 9.10. The first-order valence-corrected chi connectivity index (χ1v) is 7.17. The lowest BCUT2D eigenvalue weighted by Crippen LogP contribution is -2.29. The molecule has 0 unspecified atom stereocenters. The van der Waals surface area contributed by atoms with Crippen molar-refractivity contribution in [2.45, 2.75) is 13.5 Å². The lowest BCUT2D eigenvalue weighted by Gasteiger charge is -2.17.